The Labute approximate surface area is 173 Å². The maximum Gasteiger partial charge on any atom is 0.247 e. The number of rotatable bonds is 7. The Bertz CT molecular complexity index is 1060. The summed E-state index contributed by atoms with van der Waals surface area (Å²) in [5.41, 5.74) is 0.647. The molecule has 30 heavy (non-hydrogen) atoms. The van der Waals surface area contributed by atoms with E-state index in [1.165, 1.54) is 4.68 Å². The molecule has 0 aliphatic rings. The molecule has 0 spiro atoms. The number of amides is 1. The van der Waals surface area contributed by atoms with E-state index in [0.717, 1.165) is 29.3 Å². The van der Waals surface area contributed by atoms with Crippen molar-refractivity contribution in [2.75, 3.05) is 14.2 Å². The van der Waals surface area contributed by atoms with Crippen molar-refractivity contribution in [3.63, 3.8) is 0 Å². The van der Waals surface area contributed by atoms with E-state index in [1.54, 1.807) is 46.5 Å². The maximum atomic E-state index is 13.8. The molecule has 0 atom stereocenters. The van der Waals surface area contributed by atoms with E-state index in [9.17, 15) is 13.6 Å². The van der Waals surface area contributed by atoms with Crippen LogP contribution in [0.15, 0.2) is 48.8 Å². The van der Waals surface area contributed by atoms with Crippen molar-refractivity contribution in [2.45, 2.75) is 25.9 Å². The Morgan fingerprint density at radius 2 is 1.80 bits per heavy atom. The summed E-state index contributed by atoms with van der Waals surface area (Å²) in [4.78, 5) is 12.7. The molecule has 1 N–H and O–H groups in total. The minimum atomic E-state index is -1.06. The van der Waals surface area contributed by atoms with E-state index in [-0.39, 0.29) is 18.0 Å². The van der Waals surface area contributed by atoms with Gasteiger partial charge in [-0.1, -0.05) is 6.07 Å². The van der Waals surface area contributed by atoms with Gasteiger partial charge in [0.15, 0.2) is 11.5 Å². The van der Waals surface area contributed by atoms with Gasteiger partial charge in [-0.3, -0.25) is 9.48 Å². The number of hydrogen-bond acceptors (Lipinski definition) is 4. The molecular weight excluding hydrogens is 392 g/mol. The predicted octanol–water partition coefficient (Wildman–Crippen LogP) is 3.90. The molecular formula is C22H23F2N3O3. The van der Waals surface area contributed by atoms with Crippen LogP contribution < -0.4 is 14.8 Å². The Morgan fingerprint density at radius 3 is 2.50 bits per heavy atom. The molecule has 3 rings (SSSR count). The van der Waals surface area contributed by atoms with E-state index < -0.39 is 17.2 Å². The lowest BCUT2D eigenvalue weighted by molar-refractivity contribution is -0.129. The second-order valence-corrected chi connectivity index (χ2v) is 7.22. The zero-order chi connectivity index (χ0) is 21.9. The lowest BCUT2D eigenvalue weighted by Crippen LogP contribution is -2.44. The molecule has 0 saturated heterocycles. The van der Waals surface area contributed by atoms with E-state index in [1.807, 2.05) is 12.1 Å². The van der Waals surface area contributed by atoms with Crippen molar-refractivity contribution < 1.29 is 23.0 Å². The molecule has 0 fully saturated rings. The molecule has 8 heteroatoms. The van der Waals surface area contributed by atoms with Crippen LogP contribution in [0.1, 0.15) is 19.4 Å². The molecule has 0 unspecified atom stereocenters. The van der Waals surface area contributed by atoms with Crippen molar-refractivity contribution in [1.82, 2.24) is 15.1 Å². The summed E-state index contributed by atoms with van der Waals surface area (Å²) in [6.07, 6.45) is 3.38. The predicted molar refractivity (Wildman–Crippen MR) is 108 cm³/mol. The number of carbonyl (C=O) groups excluding carboxylic acids is 1. The van der Waals surface area contributed by atoms with Crippen molar-refractivity contribution in [3.8, 4) is 22.6 Å². The highest BCUT2D eigenvalue weighted by Crippen LogP contribution is 2.32. The lowest BCUT2D eigenvalue weighted by Gasteiger charge is -2.24. The Hall–Kier alpha value is -3.42. The molecule has 0 aliphatic carbocycles. The van der Waals surface area contributed by atoms with Gasteiger partial charge in [0.25, 0.3) is 0 Å². The molecule has 1 aromatic heterocycles. The Balaban J connectivity index is 1.77. The number of methoxy groups -OCH3 is 2. The summed E-state index contributed by atoms with van der Waals surface area (Å²) in [5.74, 6) is -0.334. The number of nitrogens with zero attached hydrogens (tertiary/aromatic N) is 2. The first-order chi connectivity index (χ1) is 14.3. The fourth-order valence-corrected chi connectivity index (χ4v) is 2.97. The minimum absolute atomic E-state index is 0.0747. The van der Waals surface area contributed by atoms with Crippen molar-refractivity contribution in [1.29, 1.82) is 0 Å². The molecule has 2 aromatic carbocycles. The number of nitrogens with one attached hydrogen (secondary N) is 1. The van der Waals surface area contributed by atoms with Crippen LogP contribution in [-0.2, 0) is 16.9 Å². The fraction of sp³-hybridized carbons (Fsp3) is 0.273. The summed E-state index contributed by atoms with van der Waals surface area (Å²) in [6.45, 7) is 3.25. The quantitative estimate of drug-likeness (QED) is 0.636. The number of aromatic nitrogens is 2. The molecule has 3 aromatic rings. The maximum absolute atomic E-state index is 13.8. The van der Waals surface area contributed by atoms with Crippen molar-refractivity contribution in [2.24, 2.45) is 0 Å². The molecule has 0 aliphatic heterocycles. The summed E-state index contributed by atoms with van der Waals surface area (Å²) < 4.78 is 39.2. The van der Waals surface area contributed by atoms with E-state index in [0.29, 0.717) is 11.5 Å². The highest BCUT2D eigenvalue weighted by molar-refractivity contribution is 5.83. The zero-order valence-electron chi connectivity index (χ0n) is 17.2. The third-order valence-corrected chi connectivity index (χ3v) is 4.88. The molecule has 6 nitrogen and oxygen atoms in total. The van der Waals surface area contributed by atoms with Crippen LogP contribution in [0.2, 0.25) is 0 Å². The molecule has 0 radical (unpaired) electrons. The van der Waals surface area contributed by atoms with Crippen LogP contribution >= 0.6 is 0 Å². The van der Waals surface area contributed by atoms with Gasteiger partial charge in [-0.15, -0.1) is 0 Å². The topological polar surface area (TPSA) is 65.4 Å². The second kappa shape index (κ2) is 8.52. The highest BCUT2D eigenvalue weighted by atomic mass is 19.1. The Kier molecular flexibility index (Phi) is 6.05. The number of ether oxygens (including phenoxy) is 2. The molecule has 158 valence electrons. The van der Waals surface area contributed by atoms with Gasteiger partial charge in [-0.05, 0) is 49.7 Å². The van der Waals surface area contributed by atoms with Gasteiger partial charge in [0, 0.05) is 23.9 Å². The summed E-state index contributed by atoms with van der Waals surface area (Å²) >= 11 is 0. The zero-order valence-corrected chi connectivity index (χ0v) is 17.2. The largest absolute Gasteiger partial charge is 0.493 e. The number of hydrogen-bond donors (Lipinski definition) is 1. The van der Waals surface area contributed by atoms with Crippen molar-refractivity contribution >= 4 is 5.91 Å². The van der Waals surface area contributed by atoms with Crippen LogP contribution in [0.25, 0.3) is 11.1 Å². The highest BCUT2D eigenvalue weighted by Gasteiger charge is 2.30. The first-order valence-electron chi connectivity index (χ1n) is 9.26. The van der Waals surface area contributed by atoms with Crippen molar-refractivity contribution in [3.05, 3.63) is 66.0 Å². The first-order valence-corrected chi connectivity index (χ1v) is 9.26. The van der Waals surface area contributed by atoms with E-state index >= 15 is 0 Å². The number of benzene rings is 2. The second-order valence-electron chi connectivity index (χ2n) is 7.22. The molecule has 0 bridgehead atoms. The fourth-order valence-electron chi connectivity index (χ4n) is 2.97. The summed E-state index contributed by atoms with van der Waals surface area (Å²) in [7, 11) is 3.12. The number of carbonyl (C=O) groups is 1. The minimum Gasteiger partial charge on any atom is -0.493 e. The van der Waals surface area contributed by atoms with Crippen LogP contribution in [0.4, 0.5) is 8.78 Å². The number of halogens is 2. The monoisotopic (exact) mass is 415 g/mol. The average Bonchev–Trinajstić information content (AvgIpc) is 3.24. The van der Waals surface area contributed by atoms with Gasteiger partial charge >= 0.3 is 0 Å². The van der Waals surface area contributed by atoms with Gasteiger partial charge in [-0.25, -0.2) is 8.78 Å². The SMILES string of the molecule is COc1ccc(-c2cnn(C(C)(C)C(=O)NCc3cc(F)ccc3F)c2)cc1OC. The van der Waals surface area contributed by atoms with Crippen LogP contribution in [0.3, 0.4) is 0 Å². The normalized spacial score (nSPS) is 11.3. The average molecular weight is 415 g/mol. The Morgan fingerprint density at radius 1 is 1.07 bits per heavy atom. The van der Waals surface area contributed by atoms with E-state index in [4.69, 9.17) is 9.47 Å². The van der Waals surface area contributed by atoms with Crippen LogP contribution in [0, 0.1) is 11.6 Å². The van der Waals surface area contributed by atoms with E-state index in [2.05, 4.69) is 10.4 Å². The third kappa shape index (κ3) is 4.27. The third-order valence-electron chi connectivity index (χ3n) is 4.88. The van der Waals surface area contributed by atoms with Crippen LogP contribution in [0.5, 0.6) is 11.5 Å². The standard InChI is InChI=1S/C22H23F2N3O3/c1-22(2,21(28)25-11-15-9-17(23)6-7-18(15)24)27-13-16(12-26-27)14-5-8-19(29-3)20(10-14)30-4/h5-10,12-13H,11H2,1-4H3,(H,25,28). The smallest absolute Gasteiger partial charge is 0.247 e. The van der Waals surface area contributed by atoms with Gasteiger partial charge < -0.3 is 14.8 Å². The molecule has 1 amide bonds. The van der Waals surface area contributed by atoms with Crippen LogP contribution in [-0.4, -0.2) is 29.9 Å². The summed E-state index contributed by atoms with van der Waals surface area (Å²) in [5, 5.41) is 6.96. The van der Waals surface area contributed by atoms with Gasteiger partial charge in [0.1, 0.15) is 17.2 Å². The first kappa shape index (κ1) is 21.3. The molecule has 1 heterocycles. The van der Waals surface area contributed by atoms with Gasteiger partial charge in [0.05, 0.1) is 20.4 Å². The lowest BCUT2D eigenvalue weighted by atomic mass is 10.0. The summed E-state index contributed by atoms with van der Waals surface area (Å²) in [6, 6.07) is 8.60. The molecule has 0 saturated carbocycles. The van der Waals surface area contributed by atoms with Gasteiger partial charge in [0.2, 0.25) is 5.91 Å². The van der Waals surface area contributed by atoms with Gasteiger partial charge in [-0.2, -0.15) is 5.10 Å².